The number of hydrogen-bond acceptors (Lipinski definition) is 2. The van der Waals surface area contributed by atoms with Crippen molar-refractivity contribution in [3.63, 3.8) is 0 Å². The van der Waals surface area contributed by atoms with Crippen molar-refractivity contribution in [3.8, 4) is 0 Å². The molecule has 0 aliphatic carbocycles. The Hall–Kier alpha value is -0.870. The first-order valence-electron chi connectivity index (χ1n) is 5.79. The molecule has 0 saturated carbocycles. The lowest BCUT2D eigenvalue weighted by atomic mass is 9.99. The summed E-state index contributed by atoms with van der Waals surface area (Å²) in [6, 6.07) is 5.28. The van der Waals surface area contributed by atoms with Crippen molar-refractivity contribution in [2.24, 2.45) is 11.7 Å². The van der Waals surface area contributed by atoms with Gasteiger partial charge >= 0.3 is 0 Å². The molecule has 1 amide bonds. The van der Waals surface area contributed by atoms with Crippen LogP contribution in [0.3, 0.4) is 0 Å². The van der Waals surface area contributed by atoms with Crippen molar-refractivity contribution < 1.29 is 4.79 Å². The molecule has 4 heteroatoms. The smallest absolute Gasteiger partial charge is 0.241 e. The van der Waals surface area contributed by atoms with Crippen LogP contribution in [0, 0.1) is 12.8 Å². The molecule has 3 N–H and O–H groups in total. The van der Waals surface area contributed by atoms with Gasteiger partial charge in [0.05, 0.1) is 11.7 Å². The van der Waals surface area contributed by atoms with Gasteiger partial charge in [0.25, 0.3) is 0 Å². The molecule has 0 saturated heterocycles. The monoisotopic (exact) mass is 298 g/mol. The summed E-state index contributed by atoms with van der Waals surface area (Å²) in [7, 11) is 0. The number of benzene rings is 1. The van der Waals surface area contributed by atoms with Gasteiger partial charge in [-0.3, -0.25) is 4.79 Å². The number of rotatable bonds is 4. The number of nitrogens with one attached hydrogen (secondary N) is 1. The SMILES string of the molecule is CCC(C)[C@H](N)C(=O)Nc1cccc(C)c1Br. The minimum Gasteiger partial charge on any atom is -0.324 e. The number of anilines is 1. The number of aryl methyl sites for hydroxylation is 1. The maximum atomic E-state index is 11.9. The number of amides is 1. The second-order valence-corrected chi connectivity index (χ2v) is 5.13. The molecule has 0 aliphatic heterocycles. The fourth-order valence-corrected chi connectivity index (χ4v) is 1.84. The van der Waals surface area contributed by atoms with E-state index in [1.807, 2.05) is 39.0 Å². The van der Waals surface area contributed by atoms with Gasteiger partial charge < -0.3 is 11.1 Å². The average Bonchev–Trinajstić information content (AvgIpc) is 2.32. The summed E-state index contributed by atoms with van der Waals surface area (Å²) < 4.78 is 0.907. The molecule has 0 radical (unpaired) electrons. The second kappa shape index (κ2) is 6.17. The number of hydrogen-bond donors (Lipinski definition) is 2. The van der Waals surface area contributed by atoms with Crippen LogP contribution in [0.25, 0.3) is 0 Å². The fourth-order valence-electron chi connectivity index (χ4n) is 1.47. The van der Waals surface area contributed by atoms with E-state index in [1.54, 1.807) is 0 Å². The third kappa shape index (κ3) is 3.54. The molecule has 0 aromatic heterocycles. The number of halogens is 1. The third-order valence-corrected chi connectivity index (χ3v) is 4.06. The lowest BCUT2D eigenvalue weighted by molar-refractivity contribution is -0.118. The Bertz CT molecular complexity index is 406. The van der Waals surface area contributed by atoms with Crippen molar-refractivity contribution in [2.45, 2.75) is 33.2 Å². The molecular weight excluding hydrogens is 280 g/mol. The van der Waals surface area contributed by atoms with E-state index in [4.69, 9.17) is 5.73 Å². The predicted molar refractivity (Wildman–Crippen MR) is 74.9 cm³/mol. The van der Waals surface area contributed by atoms with Crippen LogP contribution in [0.2, 0.25) is 0 Å². The van der Waals surface area contributed by atoms with E-state index >= 15 is 0 Å². The van der Waals surface area contributed by atoms with Crippen LogP contribution in [-0.4, -0.2) is 11.9 Å². The Balaban J connectivity index is 2.78. The van der Waals surface area contributed by atoms with Crippen molar-refractivity contribution in [3.05, 3.63) is 28.2 Å². The van der Waals surface area contributed by atoms with E-state index in [1.165, 1.54) is 0 Å². The van der Waals surface area contributed by atoms with Crippen LogP contribution < -0.4 is 11.1 Å². The molecule has 1 aromatic rings. The topological polar surface area (TPSA) is 55.1 Å². The molecule has 0 spiro atoms. The Kier molecular flexibility index (Phi) is 5.15. The number of nitrogens with two attached hydrogens (primary N) is 1. The molecule has 94 valence electrons. The van der Waals surface area contributed by atoms with Gasteiger partial charge in [0.1, 0.15) is 0 Å². The van der Waals surface area contributed by atoms with Crippen LogP contribution >= 0.6 is 15.9 Å². The molecule has 2 atom stereocenters. The number of carbonyl (C=O) groups is 1. The van der Waals surface area contributed by atoms with E-state index in [0.29, 0.717) is 0 Å². The van der Waals surface area contributed by atoms with Gasteiger partial charge in [0, 0.05) is 4.47 Å². The standard InChI is InChI=1S/C13H19BrN2O/c1-4-8(2)12(15)13(17)16-10-7-5-6-9(3)11(10)14/h5-8,12H,4,15H2,1-3H3,(H,16,17)/t8?,12-/m0/s1. The normalized spacial score (nSPS) is 14.2. The molecule has 0 fully saturated rings. The number of carbonyl (C=O) groups excluding carboxylic acids is 1. The van der Waals surface area contributed by atoms with Crippen LogP contribution in [0.15, 0.2) is 22.7 Å². The summed E-state index contributed by atoms with van der Waals surface area (Å²) in [6.07, 6.45) is 0.892. The highest BCUT2D eigenvalue weighted by Crippen LogP contribution is 2.26. The maximum absolute atomic E-state index is 11.9. The Labute approximate surface area is 111 Å². The van der Waals surface area contributed by atoms with Crippen LogP contribution in [0.1, 0.15) is 25.8 Å². The first-order valence-corrected chi connectivity index (χ1v) is 6.58. The van der Waals surface area contributed by atoms with E-state index in [9.17, 15) is 4.79 Å². The zero-order valence-corrected chi connectivity index (χ0v) is 12.0. The van der Waals surface area contributed by atoms with Gasteiger partial charge in [-0.1, -0.05) is 32.4 Å². The summed E-state index contributed by atoms with van der Waals surface area (Å²) in [6.45, 7) is 5.99. The van der Waals surface area contributed by atoms with E-state index in [0.717, 1.165) is 22.1 Å². The second-order valence-electron chi connectivity index (χ2n) is 4.34. The Morgan fingerprint density at radius 3 is 2.76 bits per heavy atom. The fraction of sp³-hybridized carbons (Fsp3) is 0.462. The van der Waals surface area contributed by atoms with Crippen LogP contribution in [0.4, 0.5) is 5.69 Å². The van der Waals surface area contributed by atoms with Gasteiger partial charge in [0.15, 0.2) is 0 Å². The molecule has 0 bridgehead atoms. The van der Waals surface area contributed by atoms with Crippen LogP contribution in [0.5, 0.6) is 0 Å². The molecular formula is C13H19BrN2O. The highest BCUT2D eigenvalue weighted by atomic mass is 79.9. The lowest BCUT2D eigenvalue weighted by Gasteiger charge is -2.18. The molecule has 17 heavy (non-hydrogen) atoms. The van der Waals surface area contributed by atoms with Gasteiger partial charge in [-0.05, 0) is 40.4 Å². The van der Waals surface area contributed by atoms with E-state index in [-0.39, 0.29) is 11.8 Å². The van der Waals surface area contributed by atoms with Gasteiger partial charge in [-0.25, -0.2) is 0 Å². The van der Waals surface area contributed by atoms with Gasteiger partial charge in [0.2, 0.25) is 5.91 Å². The predicted octanol–water partition coefficient (Wildman–Crippen LogP) is 3.07. The van der Waals surface area contributed by atoms with Crippen molar-refractivity contribution in [1.29, 1.82) is 0 Å². The summed E-state index contributed by atoms with van der Waals surface area (Å²) in [4.78, 5) is 11.9. The van der Waals surface area contributed by atoms with Crippen molar-refractivity contribution >= 4 is 27.5 Å². The average molecular weight is 299 g/mol. The molecule has 1 rings (SSSR count). The minimum absolute atomic E-state index is 0.134. The first-order chi connectivity index (χ1) is 7.97. The largest absolute Gasteiger partial charge is 0.324 e. The van der Waals surface area contributed by atoms with Crippen molar-refractivity contribution in [2.75, 3.05) is 5.32 Å². The Morgan fingerprint density at radius 1 is 1.53 bits per heavy atom. The minimum atomic E-state index is -0.465. The summed E-state index contributed by atoms with van der Waals surface area (Å²) >= 11 is 3.46. The molecule has 3 nitrogen and oxygen atoms in total. The van der Waals surface area contributed by atoms with Crippen molar-refractivity contribution in [1.82, 2.24) is 0 Å². The highest BCUT2D eigenvalue weighted by Gasteiger charge is 2.20. The summed E-state index contributed by atoms with van der Waals surface area (Å²) in [5.74, 6) is 0.0456. The van der Waals surface area contributed by atoms with E-state index in [2.05, 4.69) is 21.2 Å². The zero-order valence-electron chi connectivity index (χ0n) is 10.5. The van der Waals surface area contributed by atoms with Crippen LogP contribution in [-0.2, 0) is 4.79 Å². The Morgan fingerprint density at radius 2 is 2.18 bits per heavy atom. The molecule has 0 aliphatic rings. The first kappa shape index (κ1) is 14.2. The van der Waals surface area contributed by atoms with Gasteiger partial charge in [-0.15, -0.1) is 0 Å². The summed E-state index contributed by atoms with van der Waals surface area (Å²) in [5, 5.41) is 2.86. The van der Waals surface area contributed by atoms with Gasteiger partial charge in [-0.2, -0.15) is 0 Å². The molecule has 1 unspecified atom stereocenters. The molecule has 1 aromatic carbocycles. The maximum Gasteiger partial charge on any atom is 0.241 e. The van der Waals surface area contributed by atoms with E-state index < -0.39 is 6.04 Å². The quantitative estimate of drug-likeness (QED) is 0.897. The lowest BCUT2D eigenvalue weighted by Crippen LogP contribution is -2.40. The zero-order chi connectivity index (χ0) is 13.0. The molecule has 0 heterocycles. The highest BCUT2D eigenvalue weighted by molar-refractivity contribution is 9.10. The third-order valence-electron chi connectivity index (χ3n) is 3.01. The summed E-state index contributed by atoms with van der Waals surface area (Å²) in [5.41, 5.74) is 7.74.